The lowest BCUT2D eigenvalue weighted by molar-refractivity contribution is -0.384. The number of carbonyl (C=O) groups excluding carboxylic acids is 1. The summed E-state index contributed by atoms with van der Waals surface area (Å²) in [7, 11) is 0. The Morgan fingerprint density at radius 2 is 2.08 bits per heavy atom. The molecule has 1 aromatic carbocycles. The fourth-order valence-corrected chi connectivity index (χ4v) is 2.68. The monoisotopic (exact) mass is 352 g/mol. The first kappa shape index (κ1) is 17.2. The zero-order valence-electron chi connectivity index (χ0n) is 14.2. The van der Waals surface area contributed by atoms with Gasteiger partial charge in [0.05, 0.1) is 23.1 Å². The van der Waals surface area contributed by atoms with E-state index in [1.165, 1.54) is 24.6 Å². The molecule has 0 aliphatic heterocycles. The van der Waals surface area contributed by atoms with Gasteiger partial charge in [0, 0.05) is 29.1 Å². The van der Waals surface area contributed by atoms with Crippen molar-refractivity contribution >= 4 is 17.8 Å². The SMILES string of the molecule is Cc1cc(/C=N\NC(=O)c2ccco2)c(C)n1-c1cccc([N+](=O)[O-])c1. The van der Waals surface area contributed by atoms with Crippen molar-refractivity contribution in [3.8, 4) is 5.69 Å². The molecule has 26 heavy (non-hydrogen) atoms. The molecular weight excluding hydrogens is 336 g/mol. The van der Waals surface area contributed by atoms with Gasteiger partial charge < -0.3 is 8.98 Å². The molecule has 3 rings (SSSR count). The fourth-order valence-electron chi connectivity index (χ4n) is 2.68. The quantitative estimate of drug-likeness (QED) is 0.432. The fraction of sp³-hybridized carbons (Fsp3) is 0.111. The molecule has 132 valence electrons. The van der Waals surface area contributed by atoms with Crippen molar-refractivity contribution in [1.82, 2.24) is 9.99 Å². The van der Waals surface area contributed by atoms with E-state index < -0.39 is 10.8 Å². The van der Waals surface area contributed by atoms with Crippen molar-refractivity contribution < 1.29 is 14.1 Å². The number of aromatic nitrogens is 1. The van der Waals surface area contributed by atoms with Crippen molar-refractivity contribution in [3.63, 3.8) is 0 Å². The van der Waals surface area contributed by atoms with Gasteiger partial charge in [-0.25, -0.2) is 5.43 Å². The Kier molecular flexibility index (Phi) is 4.66. The molecule has 0 radical (unpaired) electrons. The van der Waals surface area contributed by atoms with Crippen LogP contribution in [0, 0.1) is 24.0 Å². The average Bonchev–Trinajstić information content (AvgIpc) is 3.24. The Balaban J connectivity index is 1.84. The zero-order chi connectivity index (χ0) is 18.7. The second-order valence-corrected chi connectivity index (χ2v) is 5.62. The van der Waals surface area contributed by atoms with Gasteiger partial charge in [0.1, 0.15) is 0 Å². The number of nitrogens with one attached hydrogen (secondary N) is 1. The third kappa shape index (κ3) is 3.39. The Labute approximate surface area is 148 Å². The molecule has 2 aromatic heterocycles. The first-order valence-corrected chi connectivity index (χ1v) is 7.78. The molecule has 0 unspecified atom stereocenters. The second-order valence-electron chi connectivity index (χ2n) is 5.62. The van der Waals surface area contributed by atoms with Gasteiger partial charge in [-0.3, -0.25) is 14.9 Å². The number of nitro groups is 1. The van der Waals surface area contributed by atoms with Gasteiger partial charge >= 0.3 is 5.91 Å². The Bertz CT molecular complexity index is 987. The smallest absolute Gasteiger partial charge is 0.307 e. The summed E-state index contributed by atoms with van der Waals surface area (Å²) in [6.45, 7) is 3.77. The van der Waals surface area contributed by atoms with E-state index in [0.29, 0.717) is 5.69 Å². The van der Waals surface area contributed by atoms with Gasteiger partial charge in [-0.2, -0.15) is 5.10 Å². The summed E-state index contributed by atoms with van der Waals surface area (Å²) in [4.78, 5) is 22.4. The summed E-state index contributed by atoms with van der Waals surface area (Å²) < 4.78 is 6.88. The summed E-state index contributed by atoms with van der Waals surface area (Å²) in [6.07, 6.45) is 2.93. The molecule has 0 aliphatic carbocycles. The van der Waals surface area contributed by atoms with Crippen LogP contribution in [0.1, 0.15) is 27.5 Å². The molecule has 0 bridgehead atoms. The number of rotatable bonds is 5. The van der Waals surface area contributed by atoms with Crippen LogP contribution in [0.2, 0.25) is 0 Å². The normalized spacial score (nSPS) is 11.0. The molecule has 3 aromatic rings. The lowest BCUT2D eigenvalue weighted by atomic mass is 10.2. The molecule has 1 N–H and O–H groups in total. The number of carbonyl (C=O) groups is 1. The number of hydrazone groups is 1. The lowest BCUT2D eigenvalue weighted by Crippen LogP contribution is -2.16. The van der Waals surface area contributed by atoms with E-state index in [9.17, 15) is 14.9 Å². The van der Waals surface area contributed by atoms with Gasteiger partial charge in [-0.15, -0.1) is 0 Å². The molecule has 8 heteroatoms. The molecule has 2 heterocycles. The Hall–Kier alpha value is -3.68. The number of hydrogen-bond acceptors (Lipinski definition) is 5. The van der Waals surface area contributed by atoms with Gasteiger partial charge in [0.25, 0.3) is 5.69 Å². The number of non-ortho nitro benzene ring substituents is 1. The Morgan fingerprint density at radius 3 is 2.77 bits per heavy atom. The number of furan rings is 1. The molecule has 0 saturated carbocycles. The summed E-state index contributed by atoms with van der Waals surface area (Å²) >= 11 is 0. The Morgan fingerprint density at radius 1 is 1.27 bits per heavy atom. The predicted molar refractivity (Wildman–Crippen MR) is 95.7 cm³/mol. The summed E-state index contributed by atoms with van der Waals surface area (Å²) in [5.41, 5.74) is 5.63. The predicted octanol–water partition coefficient (Wildman–Crippen LogP) is 3.36. The molecular formula is C18H16N4O4. The average molecular weight is 352 g/mol. The maximum absolute atomic E-state index is 11.8. The third-order valence-electron chi connectivity index (χ3n) is 3.88. The summed E-state index contributed by atoms with van der Waals surface area (Å²) in [5, 5.41) is 14.9. The molecule has 0 atom stereocenters. The van der Waals surface area contributed by atoms with Crippen LogP contribution in [0.25, 0.3) is 5.69 Å². The highest BCUT2D eigenvalue weighted by Crippen LogP contribution is 2.23. The second kappa shape index (κ2) is 7.06. The first-order chi connectivity index (χ1) is 12.5. The van der Waals surface area contributed by atoms with E-state index in [4.69, 9.17) is 4.42 Å². The maximum atomic E-state index is 11.8. The van der Waals surface area contributed by atoms with E-state index in [2.05, 4.69) is 10.5 Å². The maximum Gasteiger partial charge on any atom is 0.307 e. The minimum absolute atomic E-state index is 0.0240. The third-order valence-corrected chi connectivity index (χ3v) is 3.88. The van der Waals surface area contributed by atoms with Crippen LogP contribution in [0.3, 0.4) is 0 Å². The number of benzene rings is 1. The molecule has 0 aliphatic rings. The van der Waals surface area contributed by atoms with Crippen LogP contribution in [0.15, 0.2) is 58.2 Å². The van der Waals surface area contributed by atoms with Gasteiger partial charge in [0.2, 0.25) is 0 Å². The van der Waals surface area contributed by atoms with E-state index in [0.717, 1.165) is 17.0 Å². The minimum Gasteiger partial charge on any atom is -0.459 e. The number of nitrogens with zero attached hydrogens (tertiary/aromatic N) is 3. The molecule has 0 fully saturated rings. The zero-order valence-corrected chi connectivity index (χ0v) is 14.2. The highest BCUT2D eigenvalue weighted by atomic mass is 16.6. The van der Waals surface area contributed by atoms with Gasteiger partial charge in [0.15, 0.2) is 5.76 Å². The topological polar surface area (TPSA) is 103 Å². The standard InChI is InChI=1S/C18H16N4O4/c1-12-9-14(11-19-20-18(23)17-7-4-8-26-17)13(2)21(12)15-5-3-6-16(10-15)22(24)25/h3-11H,1-2H3,(H,20,23)/b19-11-. The van der Waals surface area contributed by atoms with Crippen LogP contribution < -0.4 is 5.43 Å². The van der Waals surface area contributed by atoms with Crippen molar-refractivity contribution in [2.75, 3.05) is 0 Å². The van der Waals surface area contributed by atoms with Crippen molar-refractivity contribution in [2.45, 2.75) is 13.8 Å². The van der Waals surface area contributed by atoms with E-state index >= 15 is 0 Å². The summed E-state index contributed by atoms with van der Waals surface area (Å²) in [6, 6.07) is 11.4. The van der Waals surface area contributed by atoms with E-state index in [1.54, 1.807) is 24.3 Å². The van der Waals surface area contributed by atoms with Crippen LogP contribution >= 0.6 is 0 Å². The number of hydrogen-bond donors (Lipinski definition) is 1. The number of nitro benzene ring substituents is 1. The van der Waals surface area contributed by atoms with Crippen LogP contribution in [-0.2, 0) is 0 Å². The first-order valence-electron chi connectivity index (χ1n) is 7.78. The highest BCUT2D eigenvalue weighted by Gasteiger charge is 2.13. The van der Waals surface area contributed by atoms with E-state index in [1.807, 2.05) is 24.5 Å². The van der Waals surface area contributed by atoms with E-state index in [-0.39, 0.29) is 11.4 Å². The molecule has 0 spiro atoms. The molecule has 8 nitrogen and oxygen atoms in total. The van der Waals surface area contributed by atoms with Crippen molar-refractivity contribution in [3.05, 3.63) is 81.6 Å². The largest absolute Gasteiger partial charge is 0.459 e. The summed E-state index contributed by atoms with van der Waals surface area (Å²) in [5.74, 6) is -0.275. The highest BCUT2D eigenvalue weighted by molar-refractivity contribution is 5.92. The van der Waals surface area contributed by atoms with Crippen LogP contribution in [-0.4, -0.2) is 21.6 Å². The van der Waals surface area contributed by atoms with Crippen LogP contribution in [0.4, 0.5) is 5.69 Å². The van der Waals surface area contributed by atoms with Crippen molar-refractivity contribution in [1.29, 1.82) is 0 Å². The minimum atomic E-state index is -0.446. The van der Waals surface area contributed by atoms with Crippen LogP contribution in [0.5, 0.6) is 0 Å². The van der Waals surface area contributed by atoms with Gasteiger partial charge in [-0.1, -0.05) is 6.07 Å². The number of aryl methyl sites for hydroxylation is 1. The lowest BCUT2D eigenvalue weighted by Gasteiger charge is -2.09. The number of amides is 1. The van der Waals surface area contributed by atoms with Crippen molar-refractivity contribution in [2.24, 2.45) is 5.10 Å². The van der Waals surface area contributed by atoms with Gasteiger partial charge in [-0.05, 0) is 38.1 Å². The molecule has 0 saturated heterocycles. The molecule has 1 amide bonds.